The molecule has 2 nitrogen and oxygen atoms in total. The van der Waals surface area contributed by atoms with Crippen LogP contribution in [0.3, 0.4) is 0 Å². The van der Waals surface area contributed by atoms with Crippen LogP contribution in [0.25, 0.3) is 0 Å². The molecule has 88 valence electrons. The quantitative estimate of drug-likeness (QED) is 0.870. The summed E-state index contributed by atoms with van der Waals surface area (Å²) in [6.45, 7) is 3.33. The summed E-state index contributed by atoms with van der Waals surface area (Å²) >= 11 is 2.09. The van der Waals surface area contributed by atoms with Gasteiger partial charge in [0.05, 0.1) is 5.69 Å². The van der Waals surface area contributed by atoms with E-state index in [2.05, 4.69) is 41.1 Å². The minimum Gasteiger partial charge on any atom is -0.309 e. The summed E-state index contributed by atoms with van der Waals surface area (Å²) in [7, 11) is 0. The van der Waals surface area contributed by atoms with Crippen LogP contribution in [0.1, 0.15) is 31.5 Å². The summed E-state index contributed by atoms with van der Waals surface area (Å²) in [5.74, 6) is 3.54. The lowest BCUT2D eigenvalue weighted by Crippen LogP contribution is -2.28. The van der Waals surface area contributed by atoms with E-state index in [9.17, 15) is 0 Å². The van der Waals surface area contributed by atoms with Crippen LogP contribution in [-0.4, -0.2) is 23.0 Å². The SMILES string of the molecule is CC(NCC1CCSCC1)c1ccccn1. The summed E-state index contributed by atoms with van der Waals surface area (Å²) in [6.07, 6.45) is 4.60. The smallest absolute Gasteiger partial charge is 0.0570 e. The molecular formula is C13H20N2S. The van der Waals surface area contributed by atoms with Crippen LogP contribution in [0, 0.1) is 5.92 Å². The molecule has 1 saturated heterocycles. The second-order valence-electron chi connectivity index (χ2n) is 4.44. The van der Waals surface area contributed by atoms with E-state index in [1.165, 1.54) is 24.3 Å². The van der Waals surface area contributed by atoms with Crippen LogP contribution in [-0.2, 0) is 0 Å². The van der Waals surface area contributed by atoms with Crippen molar-refractivity contribution in [2.24, 2.45) is 5.92 Å². The number of hydrogen-bond acceptors (Lipinski definition) is 3. The molecular weight excluding hydrogens is 216 g/mol. The van der Waals surface area contributed by atoms with E-state index in [-0.39, 0.29) is 0 Å². The maximum Gasteiger partial charge on any atom is 0.0570 e. The van der Waals surface area contributed by atoms with Crippen LogP contribution in [0.15, 0.2) is 24.4 Å². The van der Waals surface area contributed by atoms with Crippen molar-refractivity contribution in [3.8, 4) is 0 Å². The van der Waals surface area contributed by atoms with Crippen LogP contribution in [0.2, 0.25) is 0 Å². The van der Waals surface area contributed by atoms with Crippen molar-refractivity contribution >= 4 is 11.8 Å². The Morgan fingerprint density at radius 1 is 1.44 bits per heavy atom. The highest BCUT2D eigenvalue weighted by molar-refractivity contribution is 7.99. The minimum atomic E-state index is 0.371. The summed E-state index contributed by atoms with van der Waals surface area (Å²) in [6, 6.07) is 6.48. The van der Waals surface area contributed by atoms with E-state index in [0.717, 1.165) is 18.2 Å². The molecule has 0 radical (unpaired) electrons. The highest BCUT2D eigenvalue weighted by Gasteiger charge is 2.14. The van der Waals surface area contributed by atoms with Crippen molar-refractivity contribution in [2.75, 3.05) is 18.1 Å². The highest BCUT2D eigenvalue weighted by Crippen LogP contribution is 2.22. The zero-order valence-corrected chi connectivity index (χ0v) is 10.7. The third-order valence-electron chi connectivity index (χ3n) is 3.19. The average Bonchev–Trinajstić information content (AvgIpc) is 2.38. The number of aromatic nitrogens is 1. The van der Waals surface area contributed by atoms with Gasteiger partial charge in [0.25, 0.3) is 0 Å². The molecule has 16 heavy (non-hydrogen) atoms. The largest absolute Gasteiger partial charge is 0.309 e. The van der Waals surface area contributed by atoms with Gasteiger partial charge in [0.15, 0.2) is 0 Å². The number of thioether (sulfide) groups is 1. The van der Waals surface area contributed by atoms with Gasteiger partial charge < -0.3 is 5.32 Å². The first-order valence-electron chi connectivity index (χ1n) is 6.08. The fourth-order valence-electron chi connectivity index (χ4n) is 2.03. The van der Waals surface area contributed by atoms with Gasteiger partial charge in [-0.25, -0.2) is 0 Å². The van der Waals surface area contributed by atoms with E-state index in [1.54, 1.807) is 0 Å². The van der Waals surface area contributed by atoms with E-state index in [1.807, 2.05) is 12.3 Å². The molecule has 1 fully saturated rings. The number of nitrogens with one attached hydrogen (secondary N) is 1. The number of hydrogen-bond donors (Lipinski definition) is 1. The second-order valence-corrected chi connectivity index (χ2v) is 5.67. The maximum absolute atomic E-state index is 4.38. The average molecular weight is 236 g/mol. The number of pyridine rings is 1. The van der Waals surface area contributed by atoms with Gasteiger partial charge in [-0.3, -0.25) is 4.98 Å². The third-order valence-corrected chi connectivity index (χ3v) is 4.23. The normalized spacial score (nSPS) is 19.6. The van der Waals surface area contributed by atoms with Gasteiger partial charge in [0.2, 0.25) is 0 Å². The van der Waals surface area contributed by atoms with Gasteiger partial charge in [0, 0.05) is 12.2 Å². The molecule has 1 unspecified atom stereocenters. The highest BCUT2D eigenvalue weighted by atomic mass is 32.2. The summed E-state index contributed by atoms with van der Waals surface area (Å²) in [4.78, 5) is 4.38. The topological polar surface area (TPSA) is 24.9 Å². The van der Waals surface area contributed by atoms with Gasteiger partial charge in [-0.15, -0.1) is 0 Å². The Balaban J connectivity index is 1.77. The molecule has 1 aromatic rings. The molecule has 1 aliphatic heterocycles. The second kappa shape index (κ2) is 6.26. The molecule has 1 aliphatic rings. The summed E-state index contributed by atoms with van der Waals surface area (Å²) in [5, 5.41) is 3.60. The molecule has 0 aromatic carbocycles. The fraction of sp³-hybridized carbons (Fsp3) is 0.615. The Bertz CT molecular complexity index is 296. The van der Waals surface area contributed by atoms with Gasteiger partial charge in [0.1, 0.15) is 0 Å². The predicted octanol–water partition coefficient (Wildman–Crippen LogP) is 2.88. The maximum atomic E-state index is 4.38. The van der Waals surface area contributed by atoms with Crippen molar-refractivity contribution in [1.82, 2.24) is 10.3 Å². The Morgan fingerprint density at radius 2 is 2.25 bits per heavy atom. The van der Waals surface area contributed by atoms with E-state index >= 15 is 0 Å². The van der Waals surface area contributed by atoms with E-state index in [4.69, 9.17) is 0 Å². The van der Waals surface area contributed by atoms with Crippen molar-refractivity contribution in [2.45, 2.75) is 25.8 Å². The number of rotatable bonds is 4. The van der Waals surface area contributed by atoms with Crippen molar-refractivity contribution in [3.05, 3.63) is 30.1 Å². The third kappa shape index (κ3) is 3.49. The first-order valence-corrected chi connectivity index (χ1v) is 7.24. The zero-order valence-electron chi connectivity index (χ0n) is 9.86. The van der Waals surface area contributed by atoms with Gasteiger partial charge in [-0.2, -0.15) is 11.8 Å². The summed E-state index contributed by atoms with van der Waals surface area (Å²) < 4.78 is 0. The Morgan fingerprint density at radius 3 is 2.94 bits per heavy atom. The van der Waals surface area contributed by atoms with E-state index in [0.29, 0.717) is 6.04 Å². The molecule has 1 N–H and O–H groups in total. The van der Waals surface area contributed by atoms with Crippen LogP contribution >= 0.6 is 11.8 Å². The molecule has 0 bridgehead atoms. The molecule has 0 aliphatic carbocycles. The summed E-state index contributed by atoms with van der Waals surface area (Å²) in [5.41, 5.74) is 1.15. The lowest BCUT2D eigenvalue weighted by Gasteiger charge is -2.23. The van der Waals surface area contributed by atoms with Gasteiger partial charge in [-0.1, -0.05) is 6.07 Å². The molecule has 1 aromatic heterocycles. The van der Waals surface area contributed by atoms with Crippen LogP contribution in [0.5, 0.6) is 0 Å². The molecule has 1 atom stereocenters. The molecule has 0 amide bonds. The monoisotopic (exact) mass is 236 g/mol. The molecule has 2 heterocycles. The van der Waals surface area contributed by atoms with Crippen molar-refractivity contribution < 1.29 is 0 Å². The molecule has 2 rings (SSSR count). The fourth-order valence-corrected chi connectivity index (χ4v) is 3.23. The van der Waals surface area contributed by atoms with Crippen LogP contribution < -0.4 is 5.32 Å². The zero-order chi connectivity index (χ0) is 11.2. The standard InChI is InChI=1S/C13H20N2S/c1-11(13-4-2-3-7-14-13)15-10-12-5-8-16-9-6-12/h2-4,7,11-12,15H,5-6,8-10H2,1H3. The Labute approximate surface area is 102 Å². The Hall–Kier alpha value is -0.540. The van der Waals surface area contributed by atoms with Crippen LogP contribution in [0.4, 0.5) is 0 Å². The lowest BCUT2D eigenvalue weighted by molar-refractivity contribution is 0.418. The van der Waals surface area contributed by atoms with E-state index < -0.39 is 0 Å². The Kier molecular flexibility index (Phi) is 4.67. The molecule has 0 spiro atoms. The number of nitrogens with zero attached hydrogens (tertiary/aromatic N) is 1. The minimum absolute atomic E-state index is 0.371. The molecule has 0 saturated carbocycles. The first-order chi connectivity index (χ1) is 7.86. The first kappa shape index (κ1) is 11.9. The van der Waals surface area contributed by atoms with Gasteiger partial charge >= 0.3 is 0 Å². The predicted molar refractivity (Wildman–Crippen MR) is 70.7 cm³/mol. The van der Waals surface area contributed by atoms with Crippen molar-refractivity contribution in [1.29, 1.82) is 0 Å². The molecule has 3 heteroatoms. The lowest BCUT2D eigenvalue weighted by atomic mass is 10.0. The van der Waals surface area contributed by atoms with Gasteiger partial charge in [-0.05, 0) is 55.9 Å². The van der Waals surface area contributed by atoms with Crippen molar-refractivity contribution in [3.63, 3.8) is 0 Å².